The molecule has 7 heteroatoms. The number of hydrogen-bond acceptors (Lipinski definition) is 5. The Hall–Kier alpha value is -2.12. The summed E-state index contributed by atoms with van der Waals surface area (Å²) < 4.78 is 4.89. The fourth-order valence-electron chi connectivity index (χ4n) is 1.92. The lowest BCUT2D eigenvalue weighted by molar-refractivity contribution is -0.119. The van der Waals surface area contributed by atoms with Crippen molar-refractivity contribution >= 4 is 17.0 Å². The van der Waals surface area contributed by atoms with Gasteiger partial charge < -0.3 is 19.9 Å². The smallest absolute Gasteiger partial charge is 0.408 e. The highest BCUT2D eigenvalue weighted by molar-refractivity contribution is 5.73. The number of amides is 1. The summed E-state index contributed by atoms with van der Waals surface area (Å²) in [5.74, 6) is -0.764. The van der Waals surface area contributed by atoms with Crippen LogP contribution in [0.15, 0.2) is 27.4 Å². The van der Waals surface area contributed by atoms with Crippen molar-refractivity contribution in [1.82, 2.24) is 10.3 Å². The van der Waals surface area contributed by atoms with E-state index < -0.39 is 18.0 Å². The Kier molecular flexibility index (Phi) is 4.21. The van der Waals surface area contributed by atoms with E-state index in [1.807, 2.05) is 0 Å². The summed E-state index contributed by atoms with van der Waals surface area (Å²) in [5.41, 5.74) is 1.29. The highest BCUT2D eigenvalue weighted by Gasteiger charge is 2.19. The molecule has 20 heavy (non-hydrogen) atoms. The molecule has 0 radical (unpaired) electrons. The maximum absolute atomic E-state index is 11.0. The summed E-state index contributed by atoms with van der Waals surface area (Å²) in [6.45, 7) is 1.65. The fraction of sp³-hybridized carbons (Fsp3) is 0.385. The van der Waals surface area contributed by atoms with Crippen LogP contribution in [0.2, 0.25) is 0 Å². The van der Waals surface area contributed by atoms with Crippen molar-refractivity contribution in [2.75, 3.05) is 6.54 Å². The number of aromatic amines is 1. The molecule has 0 fully saturated rings. The number of carbonyl (C=O) groups excluding carboxylic acids is 1. The monoisotopic (exact) mass is 280 g/mol. The van der Waals surface area contributed by atoms with Crippen LogP contribution in [0.3, 0.4) is 0 Å². The number of aliphatic hydroxyl groups excluding tert-OH is 2. The summed E-state index contributed by atoms with van der Waals surface area (Å²) in [6.07, 6.45) is -1.92. The molecule has 108 valence electrons. The van der Waals surface area contributed by atoms with Crippen molar-refractivity contribution in [3.63, 3.8) is 0 Å². The predicted molar refractivity (Wildman–Crippen MR) is 71.1 cm³/mol. The van der Waals surface area contributed by atoms with Gasteiger partial charge in [-0.15, -0.1) is 0 Å². The largest absolute Gasteiger partial charge is 0.417 e. The maximum atomic E-state index is 11.0. The first-order valence-corrected chi connectivity index (χ1v) is 6.20. The van der Waals surface area contributed by atoms with Gasteiger partial charge in [0, 0.05) is 13.5 Å². The van der Waals surface area contributed by atoms with Crippen molar-refractivity contribution in [2.45, 2.75) is 25.6 Å². The molecule has 2 aromatic rings. The number of benzene rings is 1. The minimum absolute atomic E-state index is 0.192. The van der Waals surface area contributed by atoms with Crippen molar-refractivity contribution in [1.29, 1.82) is 0 Å². The predicted octanol–water partition coefficient (Wildman–Crippen LogP) is 0.0416. The molecule has 1 heterocycles. The van der Waals surface area contributed by atoms with Crippen LogP contribution >= 0.6 is 0 Å². The average Bonchev–Trinajstić information content (AvgIpc) is 2.76. The number of carbonyl (C=O) groups is 1. The Labute approximate surface area is 114 Å². The fourth-order valence-corrected chi connectivity index (χ4v) is 1.92. The number of fused-ring (bicyclic) bond motifs is 1. The lowest BCUT2D eigenvalue weighted by Crippen LogP contribution is -2.27. The molecule has 1 aromatic heterocycles. The topological polar surface area (TPSA) is 116 Å². The Morgan fingerprint density at radius 1 is 1.45 bits per heavy atom. The van der Waals surface area contributed by atoms with Crippen molar-refractivity contribution in [2.24, 2.45) is 0 Å². The lowest BCUT2D eigenvalue weighted by atomic mass is 10.0. The van der Waals surface area contributed by atoms with Crippen LogP contribution in [-0.4, -0.2) is 33.8 Å². The van der Waals surface area contributed by atoms with Gasteiger partial charge in [-0.2, -0.15) is 0 Å². The van der Waals surface area contributed by atoms with E-state index in [1.54, 1.807) is 12.1 Å². The highest BCUT2D eigenvalue weighted by Crippen LogP contribution is 2.22. The van der Waals surface area contributed by atoms with Gasteiger partial charge in [0.15, 0.2) is 5.58 Å². The Bertz CT molecular complexity index is 660. The molecule has 0 aliphatic rings. The Balaban J connectivity index is 2.07. The summed E-state index contributed by atoms with van der Waals surface area (Å²) in [7, 11) is 0. The van der Waals surface area contributed by atoms with E-state index in [9.17, 15) is 19.8 Å². The van der Waals surface area contributed by atoms with Crippen LogP contribution in [0.4, 0.5) is 0 Å². The van der Waals surface area contributed by atoms with Gasteiger partial charge in [0.25, 0.3) is 0 Å². The van der Waals surface area contributed by atoms with Gasteiger partial charge in [-0.3, -0.25) is 9.78 Å². The van der Waals surface area contributed by atoms with E-state index in [2.05, 4.69) is 10.3 Å². The van der Waals surface area contributed by atoms with Crippen LogP contribution in [0.25, 0.3) is 11.1 Å². The van der Waals surface area contributed by atoms with E-state index >= 15 is 0 Å². The van der Waals surface area contributed by atoms with E-state index in [0.717, 1.165) is 0 Å². The summed E-state index contributed by atoms with van der Waals surface area (Å²) in [6, 6.07) is 4.69. The molecule has 1 aromatic carbocycles. The van der Waals surface area contributed by atoms with E-state index in [1.165, 1.54) is 13.0 Å². The van der Waals surface area contributed by atoms with Crippen LogP contribution in [0.5, 0.6) is 0 Å². The molecule has 4 N–H and O–H groups in total. The average molecular weight is 280 g/mol. The third kappa shape index (κ3) is 3.25. The SMILES string of the molecule is CC(=O)NCCC(O)C(O)c1ccc2[nH]c(=O)oc2c1. The zero-order chi connectivity index (χ0) is 14.7. The van der Waals surface area contributed by atoms with Gasteiger partial charge in [0.1, 0.15) is 6.10 Å². The lowest BCUT2D eigenvalue weighted by Gasteiger charge is -2.18. The first-order chi connectivity index (χ1) is 9.47. The molecule has 0 aliphatic heterocycles. The number of aromatic nitrogens is 1. The molecule has 2 rings (SSSR count). The normalized spacial score (nSPS) is 14.2. The third-order valence-electron chi connectivity index (χ3n) is 2.97. The Morgan fingerprint density at radius 3 is 2.90 bits per heavy atom. The molecular weight excluding hydrogens is 264 g/mol. The van der Waals surface area contributed by atoms with Crippen LogP contribution < -0.4 is 11.1 Å². The molecule has 0 aliphatic carbocycles. The minimum atomic E-state index is -1.12. The number of hydrogen-bond donors (Lipinski definition) is 4. The van der Waals surface area contributed by atoms with Crippen molar-refractivity contribution in [3.05, 3.63) is 34.3 Å². The van der Waals surface area contributed by atoms with Gasteiger partial charge in [0.05, 0.1) is 11.6 Å². The second-order valence-corrected chi connectivity index (χ2v) is 4.55. The first kappa shape index (κ1) is 14.3. The molecule has 2 atom stereocenters. The number of H-pyrrole nitrogens is 1. The number of aliphatic hydroxyl groups is 2. The molecule has 0 saturated heterocycles. The summed E-state index contributed by atoms with van der Waals surface area (Å²) >= 11 is 0. The van der Waals surface area contributed by atoms with Crippen LogP contribution in [0.1, 0.15) is 25.0 Å². The van der Waals surface area contributed by atoms with Gasteiger partial charge in [0.2, 0.25) is 5.91 Å². The quantitative estimate of drug-likeness (QED) is 0.617. The van der Waals surface area contributed by atoms with Crippen LogP contribution in [0, 0.1) is 0 Å². The van der Waals surface area contributed by atoms with Crippen molar-refractivity contribution in [3.8, 4) is 0 Å². The molecule has 0 bridgehead atoms. The van der Waals surface area contributed by atoms with Gasteiger partial charge in [-0.1, -0.05) is 6.07 Å². The van der Waals surface area contributed by atoms with Gasteiger partial charge in [-0.05, 0) is 24.1 Å². The molecular formula is C13H16N2O5. The molecule has 2 unspecified atom stereocenters. The second-order valence-electron chi connectivity index (χ2n) is 4.55. The standard InChI is InChI=1S/C13H16N2O5/c1-7(16)14-5-4-10(17)12(18)8-2-3-9-11(6-8)20-13(19)15-9/h2-3,6,10,12,17-18H,4-5H2,1H3,(H,14,16)(H,15,19). The number of oxazole rings is 1. The first-order valence-electron chi connectivity index (χ1n) is 6.20. The van der Waals surface area contributed by atoms with E-state index in [0.29, 0.717) is 16.7 Å². The Morgan fingerprint density at radius 2 is 2.20 bits per heavy atom. The zero-order valence-corrected chi connectivity index (χ0v) is 10.9. The molecule has 0 spiro atoms. The number of rotatable bonds is 5. The third-order valence-corrected chi connectivity index (χ3v) is 2.97. The molecule has 0 saturated carbocycles. The van der Waals surface area contributed by atoms with E-state index in [4.69, 9.17) is 4.42 Å². The summed E-state index contributed by atoms with van der Waals surface area (Å²) in [5, 5.41) is 22.4. The molecule has 1 amide bonds. The van der Waals surface area contributed by atoms with Gasteiger partial charge in [-0.25, -0.2) is 4.79 Å². The molecule has 7 nitrogen and oxygen atoms in total. The second kappa shape index (κ2) is 5.89. The van der Waals surface area contributed by atoms with Crippen LogP contribution in [-0.2, 0) is 4.79 Å². The van der Waals surface area contributed by atoms with E-state index in [-0.39, 0.29) is 18.9 Å². The van der Waals surface area contributed by atoms with Gasteiger partial charge >= 0.3 is 5.76 Å². The number of nitrogens with one attached hydrogen (secondary N) is 2. The highest BCUT2D eigenvalue weighted by atomic mass is 16.4. The summed E-state index contributed by atoms with van der Waals surface area (Å²) in [4.78, 5) is 24.2. The zero-order valence-electron chi connectivity index (χ0n) is 10.9. The minimum Gasteiger partial charge on any atom is -0.408 e. The van der Waals surface area contributed by atoms with Crippen molar-refractivity contribution < 1.29 is 19.4 Å². The maximum Gasteiger partial charge on any atom is 0.417 e.